The number of anilines is 1. The maximum absolute atomic E-state index is 12.7. The minimum atomic E-state index is -0.419. The molecule has 9 nitrogen and oxygen atoms in total. The first kappa shape index (κ1) is 24.2. The van der Waals surface area contributed by atoms with Gasteiger partial charge in [-0.3, -0.25) is 14.8 Å². The molecule has 3 unspecified atom stereocenters. The molecular formula is C25H34ClN7O2. The summed E-state index contributed by atoms with van der Waals surface area (Å²) in [7, 11) is 0. The number of hydrogen-bond acceptors (Lipinski definition) is 6. The molecule has 0 bridgehead atoms. The molecule has 35 heavy (non-hydrogen) atoms. The molecule has 2 aliphatic heterocycles. The van der Waals surface area contributed by atoms with E-state index in [4.69, 9.17) is 11.5 Å². The highest BCUT2D eigenvalue weighted by Gasteiger charge is 2.53. The normalized spacial score (nSPS) is 28.7. The summed E-state index contributed by atoms with van der Waals surface area (Å²) in [6, 6.07) is 10.1. The third-order valence-electron chi connectivity index (χ3n) is 8.78. The Morgan fingerprint density at radius 2 is 1.74 bits per heavy atom. The lowest BCUT2D eigenvalue weighted by Crippen LogP contribution is -2.57. The first-order valence-electron chi connectivity index (χ1n) is 12.4. The number of carbonyl (C=O) groups excluding carboxylic acids is 1. The Morgan fingerprint density at radius 3 is 2.31 bits per heavy atom. The number of aromatic nitrogens is 2. The van der Waals surface area contributed by atoms with E-state index < -0.39 is 5.69 Å². The molecule has 1 aromatic heterocycles. The van der Waals surface area contributed by atoms with E-state index in [1.807, 2.05) is 12.1 Å². The second kappa shape index (κ2) is 9.20. The van der Waals surface area contributed by atoms with Crippen molar-refractivity contribution in [3.63, 3.8) is 0 Å². The number of amides is 2. The van der Waals surface area contributed by atoms with Gasteiger partial charge in [0, 0.05) is 51.0 Å². The number of rotatable bonds is 4. The number of urea groups is 1. The van der Waals surface area contributed by atoms with Gasteiger partial charge in [-0.1, -0.05) is 12.1 Å². The van der Waals surface area contributed by atoms with Crippen molar-refractivity contribution in [2.24, 2.45) is 28.7 Å². The van der Waals surface area contributed by atoms with Crippen molar-refractivity contribution >= 4 is 24.3 Å². The predicted octanol–water partition coefficient (Wildman–Crippen LogP) is 1.78. The quantitative estimate of drug-likeness (QED) is 0.589. The minimum Gasteiger partial charge on any atom is -0.327 e. The van der Waals surface area contributed by atoms with Gasteiger partial charge in [-0.2, -0.15) is 4.98 Å². The highest BCUT2D eigenvalue weighted by atomic mass is 35.5. The van der Waals surface area contributed by atoms with Gasteiger partial charge in [0.1, 0.15) is 5.82 Å². The number of fused-ring (bicyclic) bond motifs is 1. The second-order valence-corrected chi connectivity index (χ2v) is 10.7. The van der Waals surface area contributed by atoms with Crippen LogP contribution in [0.2, 0.25) is 0 Å². The zero-order valence-corrected chi connectivity index (χ0v) is 20.6. The molecule has 2 aromatic rings. The van der Waals surface area contributed by atoms with Crippen molar-refractivity contribution in [1.82, 2.24) is 19.4 Å². The largest absolute Gasteiger partial charge is 0.354 e. The smallest absolute Gasteiger partial charge is 0.327 e. The van der Waals surface area contributed by atoms with E-state index in [1.165, 1.54) is 10.1 Å². The van der Waals surface area contributed by atoms with E-state index in [-0.39, 0.29) is 35.7 Å². The van der Waals surface area contributed by atoms with Gasteiger partial charge >= 0.3 is 11.7 Å². The Kier molecular flexibility index (Phi) is 6.37. The molecule has 5 N–H and O–H groups in total. The summed E-state index contributed by atoms with van der Waals surface area (Å²) in [5, 5.41) is 2.78. The second-order valence-electron chi connectivity index (χ2n) is 10.7. The highest BCUT2D eigenvalue weighted by molar-refractivity contribution is 5.88. The maximum atomic E-state index is 12.7. The topological polar surface area (TPSA) is 123 Å². The van der Waals surface area contributed by atoms with Gasteiger partial charge in [-0.05, 0) is 66.7 Å². The number of piperidine rings is 2. The molecule has 188 valence electrons. The standard InChI is InChI=1S/C25H33N7O2.ClH/c26-20-5-7-25(20)8-11-31(12-9-25)23(33)28-21-6-10-32(24(34)29-21)17-3-1-16(2-4-17)13-30-14-18-19(15-30)22(18)27;/h1-4,6,10,18-20,22H,5,7-9,11-15,26-27H2,(H,28,29,33,34);1H. The number of carbonyl (C=O) groups is 1. The maximum Gasteiger partial charge on any atom is 0.354 e. The molecule has 0 radical (unpaired) electrons. The average molecular weight is 500 g/mol. The van der Waals surface area contributed by atoms with Gasteiger partial charge in [0.15, 0.2) is 0 Å². The summed E-state index contributed by atoms with van der Waals surface area (Å²) in [5.74, 6) is 1.63. The summed E-state index contributed by atoms with van der Waals surface area (Å²) in [5.41, 5.74) is 14.0. The van der Waals surface area contributed by atoms with Crippen molar-refractivity contribution in [3.05, 3.63) is 52.6 Å². The Balaban J connectivity index is 0.00000253. The molecule has 2 aliphatic carbocycles. The third kappa shape index (κ3) is 4.46. The van der Waals surface area contributed by atoms with E-state index in [9.17, 15) is 9.59 Å². The van der Waals surface area contributed by atoms with Crippen LogP contribution in [0.15, 0.2) is 41.3 Å². The number of halogens is 1. The van der Waals surface area contributed by atoms with Crippen LogP contribution in [0.3, 0.4) is 0 Å². The summed E-state index contributed by atoms with van der Waals surface area (Å²) >= 11 is 0. The van der Waals surface area contributed by atoms with Crippen LogP contribution in [-0.2, 0) is 6.54 Å². The van der Waals surface area contributed by atoms with Crippen LogP contribution in [0.4, 0.5) is 10.6 Å². The molecule has 1 aromatic carbocycles. The molecular weight excluding hydrogens is 466 g/mol. The predicted molar refractivity (Wildman–Crippen MR) is 137 cm³/mol. The van der Waals surface area contributed by atoms with E-state index in [0.717, 1.165) is 51.0 Å². The van der Waals surface area contributed by atoms with E-state index >= 15 is 0 Å². The molecule has 3 atom stereocenters. The van der Waals surface area contributed by atoms with E-state index in [0.29, 0.717) is 31.0 Å². The van der Waals surface area contributed by atoms with Gasteiger partial charge in [0.05, 0.1) is 5.69 Å². The van der Waals surface area contributed by atoms with E-state index in [1.54, 1.807) is 17.2 Å². The highest BCUT2D eigenvalue weighted by Crippen LogP contribution is 2.48. The number of nitrogens with one attached hydrogen (secondary N) is 1. The van der Waals surface area contributed by atoms with Crippen molar-refractivity contribution in [1.29, 1.82) is 0 Å². The third-order valence-corrected chi connectivity index (χ3v) is 8.78. The molecule has 4 aliphatic rings. The van der Waals surface area contributed by atoms with E-state index in [2.05, 4.69) is 27.3 Å². The van der Waals surface area contributed by atoms with Crippen LogP contribution in [0, 0.1) is 17.3 Å². The molecule has 2 saturated heterocycles. The summed E-state index contributed by atoms with van der Waals surface area (Å²) in [6.45, 7) is 4.44. The van der Waals surface area contributed by atoms with Gasteiger partial charge in [0.25, 0.3) is 0 Å². The zero-order valence-electron chi connectivity index (χ0n) is 19.8. The van der Waals surface area contributed by atoms with Gasteiger partial charge in [0.2, 0.25) is 0 Å². The molecule has 10 heteroatoms. The Bertz CT molecular complexity index is 1130. The SMILES string of the molecule is Cl.NC1C2CN(Cc3ccc(-n4ccc(NC(=O)N5CCC6(CCC6N)CC5)nc4=O)cc3)CC12. The lowest BCUT2D eigenvalue weighted by atomic mass is 9.60. The summed E-state index contributed by atoms with van der Waals surface area (Å²) in [6.07, 6.45) is 5.80. The van der Waals surface area contributed by atoms with Crippen LogP contribution in [0.1, 0.15) is 31.2 Å². The minimum absolute atomic E-state index is 0. The van der Waals surface area contributed by atoms with Crippen LogP contribution >= 0.6 is 12.4 Å². The number of benzene rings is 1. The number of likely N-dealkylation sites (tertiary alicyclic amines) is 2. The zero-order chi connectivity index (χ0) is 23.4. The van der Waals surface area contributed by atoms with Crippen LogP contribution in [0.5, 0.6) is 0 Å². The fourth-order valence-corrected chi connectivity index (χ4v) is 6.16. The van der Waals surface area contributed by atoms with Crippen molar-refractivity contribution in [2.45, 2.75) is 44.3 Å². The average Bonchev–Trinajstić information content (AvgIpc) is 3.23. The number of nitrogens with two attached hydrogens (primary N) is 2. The molecule has 2 saturated carbocycles. The van der Waals surface area contributed by atoms with Crippen molar-refractivity contribution in [3.8, 4) is 5.69 Å². The molecule has 2 amide bonds. The molecule has 3 heterocycles. The fourth-order valence-electron chi connectivity index (χ4n) is 6.16. The Labute approximate surface area is 211 Å². The van der Waals surface area contributed by atoms with Gasteiger partial charge in [-0.15, -0.1) is 12.4 Å². The lowest BCUT2D eigenvalue weighted by molar-refractivity contribution is 0.0233. The first-order valence-corrected chi connectivity index (χ1v) is 12.4. The fraction of sp³-hybridized carbons (Fsp3) is 0.560. The number of hydrogen-bond donors (Lipinski definition) is 3. The summed E-state index contributed by atoms with van der Waals surface area (Å²) < 4.78 is 1.49. The Hall–Kier alpha value is -2.46. The van der Waals surface area contributed by atoms with Gasteiger partial charge in [-0.25, -0.2) is 9.59 Å². The van der Waals surface area contributed by atoms with Crippen LogP contribution in [0.25, 0.3) is 5.69 Å². The van der Waals surface area contributed by atoms with Gasteiger partial charge < -0.3 is 16.4 Å². The van der Waals surface area contributed by atoms with Crippen molar-refractivity contribution in [2.75, 3.05) is 31.5 Å². The Morgan fingerprint density at radius 1 is 1.06 bits per heavy atom. The van der Waals surface area contributed by atoms with Crippen molar-refractivity contribution < 1.29 is 4.79 Å². The summed E-state index contributed by atoms with van der Waals surface area (Å²) in [4.78, 5) is 33.7. The van der Waals surface area contributed by atoms with Crippen LogP contribution in [-0.4, -0.2) is 63.6 Å². The molecule has 1 spiro atoms. The first-order chi connectivity index (χ1) is 16.4. The monoisotopic (exact) mass is 499 g/mol. The number of nitrogens with zero attached hydrogens (tertiary/aromatic N) is 4. The molecule has 6 rings (SSSR count). The molecule has 4 fully saturated rings. The van der Waals surface area contributed by atoms with Crippen LogP contribution < -0.4 is 22.5 Å². The lowest BCUT2D eigenvalue weighted by Gasteiger charge is -2.52.